The maximum atomic E-state index is 12.4. The number of phosphoric ester groups is 2. The quantitative estimate of drug-likeness (QED) is 0.0256. The van der Waals surface area contributed by atoms with Gasteiger partial charge in [-0.15, -0.1) is 0 Å². The summed E-state index contributed by atoms with van der Waals surface area (Å²) in [6, 6.07) is -0.0624. The molecule has 3 rings (SSSR count). The molecule has 3 fully saturated rings. The van der Waals surface area contributed by atoms with Crippen molar-refractivity contribution in [2.24, 2.45) is 16.9 Å². The zero-order valence-electron chi connectivity index (χ0n) is 47.3. The van der Waals surface area contributed by atoms with Crippen molar-refractivity contribution in [2.75, 3.05) is 66.7 Å². The summed E-state index contributed by atoms with van der Waals surface area (Å²) < 4.78 is 59.5. The van der Waals surface area contributed by atoms with Gasteiger partial charge in [-0.3, -0.25) is 27.9 Å². The van der Waals surface area contributed by atoms with Crippen molar-refractivity contribution in [3.63, 3.8) is 0 Å². The number of ether oxygens (including phenoxy) is 2. The van der Waals surface area contributed by atoms with E-state index in [9.17, 15) is 18.9 Å². The van der Waals surface area contributed by atoms with Crippen LogP contribution in [0.3, 0.4) is 0 Å². The molecule has 432 valence electrons. The molecule has 0 radical (unpaired) electrons. The van der Waals surface area contributed by atoms with Gasteiger partial charge >= 0.3 is 15.6 Å². The molecule has 0 aromatic heterocycles. The van der Waals surface area contributed by atoms with Crippen molar-refractivity contribution in [3.05, 3.63) is 48.6 Å². The van der Waals surface area contributed by atoms with Gasteiger partial charge in [0.15, 0.2) is 5.79 Å². The number of allylic oxidation sites excluding steroid dienone is 8. The van der Waals surface area contributed by atoms with Gasteiger partial charge in [-0.2, -0.15) is 0 Å². The van der Waals surface area contributed by atoms with Crippen LogP contribution in [-0.4, -0.2) is 116 Å². The number of rotatable bonds is 46. The Balaban J connectivity index is 1.57. The van der Waals surface area contributed by atoms with Crippen LogP contribution in [0.1, 0.15) is 219 Å². The third kappa shape index (κ3) is 29.2. The van der Waals surface area contributed by atoms with Gasteiger partial charge in [0.1, 0.15) is 0 Å². The fourth-order valence-corrected chi connectivity index (χ4v) is 12.7. The third-order valence-electron chi connectivity index (χ3n) is 15.7. The van der Waals surface area contributed by atoms with Gasteiger partial charge in [0.25, 0.3) is 0 Å². The average Bonchev–Trinajstić information content (AvgIpc) is 3.74. The van der Waals surface area contributed by atoms with E-state index in [4.69, 9.17) is 39.0 Å². The summed E-state index contributed by atoms with van der Waals surface area (Å²) in [4.78, 5) is 24.6. The molecule has 1 saturated heterocycles. The van der Waals surface area contributed by atoms with Gasteiger partial charge in [-0.25, -0.2) is 9.13 Å². The molecule has 0 amide bonds. The Morgan fingerprint density at radius 2 is 0.838 bits per heavy atom. The Kier molecular flexibility index (Phi) is 36.5. The first kappa shape index (κ1) is 67.2. The Bertz CT molecular complexity index is 1520. The number of phosphoric acid groups is 2. The van der Waals surface area contributed by atoms with E-state index in [-0.39, 0.29) is 63.8 Å². The predicted molar refractivity (Wildman–Crippen MR) is 305 cm³/mol. The lowest BCUT2D eigenvalue weighted by atomic mass is 9.66. The smallest absolute Gasteiger partial charge is 0.344 e. The molecule has 3 aliphatic rings. The summed E-state index contributed by atoms with van der Waals surface area (Å²) in [5.41, 5.74) is 11.3. The van der Waals surface area contributed by atoms with E-state index < -0.39 is 21.4 Å². The van der Waals surface area contributed by atoms with E-state index in [1.807, 2.05) is 14.1 Å². The van der Waals surface area contributed by atoms with Crippen LogP contribution in [0.25, 0.3) is 0 Å². The number of likely N-dealkylation sites (N-methyl/N-ethyl adjacent to an activating group) is 2. The second-order valence-electron chi connectivity index (χ2n) is 21.8. The minimum Gasteiger partial charge on any atom is -0.344 e. The largest absolute Gasteiger partial charge is 0.472 e. The molecule has 2 aliphatic carbocycles. The minimum atomic E-state index is -4.23. The molecule has 1 aliphatic heterocycles. The molecule has 2 saturated carbocycles. The zero-order chi connectivity index (χ0) is 53.6. The molecule has 1 heterocycles. The normalized spacial score (nSPS) is 22.6. The Morgan fingerprint density at radius 3 is 1.20 bits per heavy atom. The van der Waals surface area contributed by atoms with E-state index in [1.165, 1.54) is 154 Å². The van der Waals surface area contributed by atoms with E-state index in [0.717, 1.165) is 38.5 Å². The number of unbranched alkanes of at least 4 members (excludes halogenated alkanes) is 18. The van der Waals surface area contributed by atoms with Gasteiger partial charge in [0.2, 0.25) is 0 Å². The summed E-state index contributed by atoms with van der Waals surface area (Å²) in [5.74, 6) is -0.603. The zero-order valence-corrected chi connectivity index (χ0v) is 49.1. The lowest BCUT2D eigenvalue weighted by Gasteiger charge is -2.45. The number of nitrogens with zero attached hydrogens (tertiary/aromatic N) is 2. The average molecular weight is 1090 g/mol. The highest BCUT2D eigenvalue weighted by molar-refractivity contribution is 7.47. The van der Waals surface area contributed by atoms with Crippen molar-refractivity contribution in [1.29, 1.82) is 0 Å². The van der Waals surface area contributed by atoms with Crippen LogP contribution < -0.4 is 11.5 Å². The van der Waals surface area contributed by atoms with Crippen LogP contribution in [0, 0.1) is 5.41 Å². The molecule has 16 heteroatoms. The van der Waals surface area contributed by atoms with Crippen LogP contribution in [0.4, 0.5) is 0 Å². The Hall–Kier alpha value is -1.06. The molecule has 1 spiro atoms. The lowest BCUT2D eigenvalue weighted by molar-refractivity contribution is -0.208. The molecule has 2 unspecified atom stereocenters. The Morgan fingerprint density at radius 1 is 0.500 bits per heavy atom. The molecule has 6 N–H and O–H groups in total. The van der Waals surface area contributed by atoms with Crippen LogP contribution >= 0.6 is 15.6 Å². The van der Waals surface area contributed by atoms with Crippen molar-refractivity contribution in [3.8, 4) is 0 Å². The summed E-state index contributed by atoms with van der Waals surface area (Å²) in [6.07, 6.45) is 57.0. The van der Waals surface area contributed by atoms with E-state index >= 15 is 0 Å². The standard InChI is InChI=1S/C58H110N4O10P2/c1-5-7-9-11-13-15-17-19-21-23-25-27-29-31-33-35-37-57(38-36-34-32-30-28-26-24-22-20-18-16-14-12-10-8-6-2)39-41-58(42-40-57)71-55-51-53(61(3)45-49-69-73(63,64)67-47-43-59)54(52-56(55)72-58)62(4)46-50-70-74(65,66)68-48-44-60/h13-16,19-22,53-56H,5-12,17-18,23-52,59-60H2,1-4H3,(H,63,64)(H,65,66)/b15-13+,16-14+,21-19+,22-20+/t53-,54+,55-,56-/m0/s1. The van der Waals surface area contributed by atoms with Gasteiger partial charge in [-0.05, 0) is 122 Å². The fourth-order valence-electron chi connectivity index (χ4n) is 11.2. The number of nitrogens with two attached hydrogens (primary N) is 2. The van der Waals surface area contributed by atoms with Crippen molar-refractivity contribution < 1.29 is 46.5 Å². The summed E-state index contributed by atoms with van der Waals surface area (Å²) in [6.45, 7) is 5.30. The highest BCUT2D eigenvalue weighted by Gasteiger charge is 2.55. The van der Waals surface area contributed by atoms with Crippen LogP contribution in [0.5, 0.6) is 0 Å². The lowest BCUT2D eigenvalue weighted by Crippen LogP contribution is -2.57. The minimum absolute atomic E-state index is 0.0150. The molecule has 0 aromatic rings. The van der Waals surface area contributed by atoms with E-state index in [2.05, 4.69) is 72.3 Å². The molecule has 0 aromatic carbocycles. The van der Waals surface area contributed by atoms with Crippen molar-refractivity contribution in [2.45, 2.75) is 249 Å². The fraction of sp³-hybridized carbons (Fsp3) is 0.862. The predicted octanol–water partition coefficient (Wildman–Crippen LogP) is 14.0. The highest BCUT2D eigenvalue weighted by Crippen LogP contribution is 2.54. The number of hydrogen-bond acceptors (Lipinski definition) is 12. The summed E-state index contributed by atoms with van der Waals surface area (Å²) >= 11 is 0. The van der Waals surface area contributed by atoms with E-state index in [1.54, 1.807) is 0 Å². The first-order valence-electron chi connectivity index (χ1n) is 29.8. The number of hydrogen-bond donors (Lipinski definition) is 4. The van der Waals surface area contributed by atoms with Gasteiger partial charge in [-0.1, -0.05) is 152 Å². The molecule has 0 bridgehead atoms. The first-order chi connectivity index (χ1) is 35.8. The summed E-state index contributed by atoms with van der Waals surface area (Å²) in [5, 5.41) is 0. The van der Waals surface area contributed by atoms with Crippen LogP contribution in [-0.2, 0) is 36.7 Å². The maximum absolute atomic E-state index is 12.4. The third-order valence-corrected chi connectivity index (χ3v) is 17.7. The first-order valence-corrected chi connectivity index (χ1v) is 32.8. The SMILES string of the molecule is CCCCC/C=C/C/C=C/CCCCCCCCC1(CCCCCCCC/C=C/C/C=C/CCCCC)CCC2(CC1)O[C@H]1C[C@@H](N(C)CCOP(=O)(O)OCCN)[C@@H](N(C)CCOP(=O)(O)OCCN)C[C@@H]1O2. The topological polar surface area (TPSA) is 188 Å². The van der Waals surface area contributed by atoms with Gasteiger partial charge < -0.3 is 30.7 Å². The molecular formula is C58H110N4O10P2. The Labute approximate surface area is 451 Å². The highest BCUT2D eigenvalue weighted by atomic mass is 31.2. The van der Waals surface area contributed by atoms with E-state index in [0.29, 0.717) is 31.3 Å². The molecule has 6 atom stereocenters. The van der Waals surface area contributed by atoms with Crippen LogP contribution in [0.2, 0.25) is 0 Å². The molecule has 74 heavy (non-hydrogen) atoms. The van der Waals surface area contributed by atoms with Crippen LogP contribution in [0.15, 0.2) is 48.6 Å². The van der Waals surface area contributed by atoms with Crippen molar-refractivity contribution >= 4 is 15.6 Å². The second-order valence-corrected chi connectivity index (χ2v) is 24.7. The number of fused-ring (bicyclic) bond motifs is 1. The van der Waals surface area contributed by atoms with Crippen molar-refractivity contribution in [1.82, 2.24) is 9.80 Å². The van der Waals surface area contributed by atoms with Gasteiger partial charge in [0, 0.05) is 51.1 Å². The monoisotopic (exact) mass is 1080 g/mol. The van der Waals surface area contributed by atoms with Gasteiger partial charge in [0.05, 0.1) is 38.6 Å². The molecular weight excluding hydrogens is 975 g/mol. The maximum Gasteiger partial charge on any atom is 0.472 e. The molecule has 14 nitrogen and oxygen atoms in total. The summed E-state index contributed by atoms with van der Waals surface area (Å²) in [7, 11) is -4.49. The second kappa shape index (κ2) is 40.2.